The Kier molecular flexibility index (Phi) is 5.94. The average Bonchev–Trinajstić information content (AvgIpc) is 2.46. The number of nitrogens with one attached hydrogen (secondary N) is 1. The summed E-state index contributed by atoms with van der Waals surface area (Å²) in [6, 6.07) is 0.473. The third-order valence-electron chi connectivity index (χ3n) is 3.70. The monoisotopic (exact) mass is 291 g/mol. The van der Waals surface area contributed by atoms with Gasteiger partial charge in [0.1, 0.15) is 5.82 Å². The van der Waals surface area contributed by atoms with Crippen LogP contribution in [-0.2, 0) is 6.54 Å². The summed E-state index contributed by atoms with van der Waals surface area (Å²) < 4.78 is 0. The van der Waals surface area contributed by atoms with Crippen molar-refractivity contribution >= 4 is 5.82 Å². The number of anilines is 1. The van der Waals surface area contributed by atoms with Gasteiger partial charge in [-0.25, -0.2) is 4.98 Å². The fraction of sp³-hybridized carbons (Fsp3) is 0.750. The first-order chi connectivity index (χ1) is 10.0. The predicted molar refractivity (Wildman–Crippen MR) is 87.5 cm³/mol. The molecule has 118 valence electrons. The molecular formula is C16H29N5. The van der Waals surface area contributed by atoms with Crippen LogP contribution in [0, 0.1) is 5.92 Å². The maximum atomic E-state index is 4.57. The second-order valence-electron chi connectivity index (χ2n) is 6.58. The normalized spacial score (nSPS) is 17.0. The molecule has 0 unspecified atom stereocenters. The highest BCUT2D eigenvalue weighted by Crippen LogP contribution is 2.13. The molecule has 0 saturated carbocycles. The maximum absolute atomic E-state index is 4.57. The Morgan fingerprint density at radius 3 is 2.29 bits per heavy atom. The molecule has 21 heavy (non-hydrogen) atoms. The van der Waals surface area contributed by atoms with Gasteiger partial charge < -0.3 is 10.2 Å². The van der Waals surface area contributed by atoms with Crippen LogP contribution in [0.4, 0.5) is 5.82 Å². The molecule has 5 nitrogen and oxygen atoms in total. The zero-order chi connectivity index (χ0) is 15.2. The van der Waals surface area contributed by atoms with E-state index in [-0.39, 0.29) is 0 Å². The second kappa shape index (κ2) is 7.71. The average molecular weight is 291 g/mol. The third-order valence-corrected chi connectivity index (χ3v) is 3.70. The van der Waals surface area contributed by atoms with Gasteiger partial charge in [-0.15, -0.1) is 0 Å². The van der Waals surface area contributed by atoms with Crippen molar-refractivity contribution in [3.63, 3.8) is 0 Å². The molecule has 1 aliphatic heterocycles. The predicted octanol–water partition coefficient (Wildman–Crippen LogP) is 1.75. The lowest BCUT2D eigenvalue weighted by molar-refractivity contribution is 0.231. The largest absolute Gasteiger partial charge is 0.353 e. The first kappa shape index (κ1) is 16.2. The number of nitrogens with zero attached hydrogens (tertiary/aromatic N) is 4. The summed E-state index contributed by atoms with van der Waals surface area (Å²) >= 11 is 0. The standard InChI is InChI=1S/C16H29N5/c1-13(2)12-20-5-7-21(8-6-20)16-11-18-15(10-19-16)9-17-14(3)4/h10-11,13-14,17H,5-9,12H2,1-4H3. The van der Waals surface area contributed by atoms with Crippen LogP contribution in [0.15, 0.2) is 12.4 Å². The van der Waals surface area contributed by atoms with Gasteiger partial charge in [0.25, 0.3) is 0 Å². The van der Waals surface area contributed by atoms with E-state index in [1.54, 1.807) is 0 Å². The van der Waals surface area contributed by atoms with E-state index < -0.39 is 0 Å². The van der Waals surface area contributed by atoms with Crippen molar-refractivity contribution in [2.45, 2.75) is 40.3 Å². The smallest absolute Gasteiger partial charge is 0.147 e. The van der Waals surface area contributed by atoms with Gasteiger partial charge in [-0.3, -0.25) is 9.88 Å². The molecule has 1 aliphatic rings. The summed E-state index contributed by atoms with van der Waals surface area (Å²) in [5.74, 6) is 1.75. The number of hydrogen-bond acceptors (Lipinski definition) is 5. The molecule has 1 N–H and O–H groups in total. The van der Waals surface area contributed by atoms with E-state index in [1.807, 2.05) is 12.4 Å². The van der Waals surface area contributed by atoms with Gasteiger partial charge in [-0.2, -0.15) is 0 Å². The highest BCUT2D eigenvalue weighted by Gasteiger charge is 2.18. The van der Waals surface area contributed by atoms with Crippen molar-refractivity contribution in [3.05, 3.63) is 18.1 Å². The Bertz CT molecular complexity index is 407. The van der Waals surface area contributed by atoms with Crippen molar-refractivity contribution in [2.75, 3.05) is 37.6 Å². The highest BCUT2D eigenvalue weighted by molar-refractivity contribution is 5.36. The molecule has 0 amide bonds. The van der Waals surface area contributed by atoms with Crippen LogP contribution in [0.2, 0.25) is 0 Å². The molecule has 1 saturated heterocycles. The fourth-order valence-electron chi connectivity index (χ4n) is 2.59. The van der Waals surface area contributed by atoms with E-state index in [1.165, 1.54) is 6.54 Å². The second-order valence-corrected chi connectivity index (χ2v) is 6.58. The first-order valence-corrected chi connectivity index (χ1v) is 8.06. The quantitative estimate of drug-likeness (QED) is 0.865. The summed E-state index contributed by atoms with van der Waals surface area (Å²) in [5, 5.41) is 3.36. The van der Waals surface area contributed by atoms with E-state index in [0.29, 0.717) is 6.04 Å². The minimum atomic E-state index is 0.473. The van der Waals surface area contributed by atoms with Gasteiger partial charge in [-0.1, -0.05) is 27.7 Å². The van der Waals surface area contributed by atoms with Gasteiger partial charge in [0.15, 0.2) is 0 Å². The molecule has 0 spiro atoms. The Balaban J connectivity index is 1.83. The Morgan fingerprint density at radius 2 is 1.76 bits per heavy atom. The molecular weight excluding hydrogens is 262 g/mol. The topological polar surface area (TPSA) is 44.3 Å². The molecule has 1 aromatic rings. The highest BCUT2D eigenvalue weighted by atomic mass is 15.3. The first-order valence-electron chi connectivity index (χ1n) is 8.06. The van der Waals surface area contributed by atoms with E-state index in [9.17, 15) is 0 Å². The van der Waals surface area contributed by atoms with Crippen LogP contribution in [0.3, 0.4) is 0 Å². The van der Waals surface area contributed by atoms with Crippen LogP contribution in [0.5, 0.6) is 0 Å². The number of aromatic nitrogens is 2. The van der Waals surface area contributed by atoms with Crippen LogP contribution in [0.25, 0.3) is 0 Å². The molecule has 0 atom stereocenters. The fourth-order valence-corrected chi connectivity index (χ4v) is 2.59. The molecule has 0 radical (unpaired) electrons. The van der Waals surface area contributed by atoms with Crippen molar-refractivity contribution < 1.29 is 0 Å². The van der Waals surface area contributed by atoms with Gasteiger partial charge >= 0.3 is 0 Å². The summed E-state index contributed by atoms with van der Waals surface area (Å²) in [6.07, 6.45) is 3.81. The number of hydrogen-bond donors (Lipinski definition) is 1. The van der Waals surface area contributed by atoms with Crippen molar-refractivity contribution in [1.82, 2.24) is 20.2 Å². The molecule has 2 rings (SSSR count). The summed E-state index contributed by atoms with van der Waals surface area (Å²) in [7, 11) is 0. The lowest BCUT2D eigenvalue weighted by atomic mass is 10.2. The molecule has 2 heterocycles. The minimum absolute atomic E-state index is 0.473. The molecule has 0 bridgehead atoms. The van der Waals surface area contributed by atoms with E-state index >= 15 is 0 Å². The Hall–Kier alpha value is -1.20. The van der Waals surface area contributed by atoms with Gasteiger partial charge in [0, 0.05) is 45.3 Å². The van der Waals surface area contributed by atoms with Crippen molar-refractivity contribution in [1.29, 1.82) is 0 Å². The zero-order valence-corrected chi connectivity index (χ0v) is 13.8. The van der Waals surface area contributed by atoms with E-state index in [4.69, 9.17) is 0 Å². The van der Waals surface area contributed by atoms with Gasteiger partial charge in [-0.05, 0) is 5.92 Å². The van der Waals surface area contributed by atoms with Crippen LogP contribution in [-0.4, -0.2) is 53.6 Å². The Labute approximate surface area is 128 Å². The van der Waals surface area contributed by atoms with Gasteiger partial charge in [0.05, 0.1) is 18.1 Å². The van der Waals surface area contributed by atoms with Gasteiger partial charge in [0.2, 0.25) is 0 Å². The molecule has 1 fully saturated rings. The summed E-state index contributed by atoms with van der Waals surface area (Å²) in [4.78, 5) is 14.0. The SMILES string of the molecule is CC(C)CN1CCN(c2cnc(CNC(C)C)cn2)CC1. The van der Waals surface area contributed by atoms with Crippen LogP contribution < -0.4 is 10.2 Å². The van der Waals surface area contributed by atoms with E-state index in [2.05, 4.69) is 52.8 Å². The molecule has 1 aromatic heterocycles. The third kappa shape index (κ3) is 5.25. The van der Waals surface area contributed by atoms with E-state index in [0.717, 1.165) is 50.2 Å². The van der Waals surface area contributed by atoms with Crippen LogP contribution in [0.1, 0.15) is 33.4 Å². The molecule has 5 heteroatoms. The molecule has 0 aliphatic carbocycles. The van der Waals surface area contributed by atoms with Crippen molar-refractivity contribution in [2.24, 2.45) is 5.92 Å². The van der Waals surface area contributed by atoms with Crippen LogP contribution >= 0.6 is 0 Å². The summed E-state index contributed by atoms with van der Waals surface area (Å²) in [6.45, 7) is 15.1. The number of piperazine rings is 1. The lowest BCUT2D eigenvalue weighted by Crippen LogP contribution is -2.47. The zero-order valence-electron chi connectivity index (χ0n) is 13.8. The Morgan fingerprint density at radius 1 is 1.05 bits per heavy atom. The van der Waals surface area contributed by atoms with Crippen molar-refractivity contribution in [3.8, 4) is 0 Å². The molecule has 0 aromatic carbocycles. The lowest BCUT2D eigenvalue weighted by Gasteiger charge is -2.36. The minimum Gasteiger partial charge on any atom is -0.353 e. The maximum Gasteiger partial charge on any atom is 0.147 e. The number of rotatable bonds is 6. The summed E-state index contributed by atoms with van der Waals surface area (Å²) in [5.41, 5.74) is 1.01.